The molecule has 0 bridgehead atoms. The second kappa shape index (κ2) is 7.75. The van der Waals surface area contributed by atoms with E-state index >= 15 is 0 Å². The number of piperidine rings is 1. The number of rotatable bonds is 4. The summed E-state index contributed by atoms with van der Waals surface area (Å²) in [7, 11) is 0. The molecule has 0 N–H and O–H groups in total. The van der Waals surface area contributed by atoms with Crippen LogP contribution in [-0.4, -0.2) is 42.2 Å². The molecule has 5 rings (SSSR count). The number of carbonyl (C=O) groups excluding carboxylic acids is 2. The summed E-state index contributed by atoms with van der Waals surface area (Å²) >= 11 is 1.46. The van der Waals surface area contributed by atoms with E-state index in [9.17, 15) is 9.59 Å². The highest BCUT2D eigenvalue weighted by Crippen LogP contribution is 2.55. The highest BCUT2D eigenvalue weighted by atomic mass is 32.2. The summed E-state index contributed by atoms with van der Waals surface area (Å²) in [4.78, 5) is 32.1. The number of fused-ring (bicyclic) bond motifs is 2. The molecule has 0 aromatic heterocycles. The van der Waals surface area contributed by atoms with Gasteiger partial charge in [-0.3, -0.25) is 24.3 Å². The van der Waals surface area contributed by atoms with Crippen LogP contribution in [0.4, 0.5) is 11.4 Å². The van der Waals surface area contributed by atoms with Crippen LogP contribution in [0.5, 0.6) is 0 Å². The number of amides is 2. The fourth-order valence-corrected chi connectivity index (χ4v) is 6.24. The first-order valence-corrected chi connectivity index (χ1v) is 11.8. The lowest BCUT2D eigenvalue weighted by atomic mass is 10.0. The molecule has 2 fully saturated rings. The zero-order valence-corrected chi connectivity index (χ0v) is 18.2. The normalized spacial score (nSPS) is 24.2. The molecule has 0 aliphatic carbocycles. The van der Waals surface area contributed by atoms with Crippen molar-refractivity contribution in [3.05, 3.63) is 59.7 Å². The van der Waals surface area contributed by atoms with E-state index in [4.69, 9.17) is 0 Å². The first kappa shape index (κ1) is 19.6. The maximum Gasteiger partial charge on any atom is 0.269 e. The van der Waals surface area contributed by atoms with Crippen molar-refractivity contribution in [2.75, 3.05) is 35.3 Å². The molecule has 3 aliphatic heterocycles. The molecular weight excluding hydrogens is 394 g/mol. The second-order valence-corrected chi connectivity index (χ2v) is 9.42. The predicted molar refractivity (Wildman–Crippen MR) is 122 cm³/mol. The van der Waals surface area contributed by atoms with E-state index in [-0.39, 0.29) is 11.8 Å². The van der Waals surface area contributed by atoms with Gasteiger partial charge in [0.05, 0.1) is 18.1 Å². The molecule has 30 heavy (non-hydrogen) atoms. The van der Waals surface area contributed by atoms with Crippen molar-refractivity contribution in [1.29, 1.82) is 0 Å². The van der Waals surface area contributed by atoms with Gasteiger partial charge in [-0.2, -0.15) is 0 Å². The van der Waals surface area contributed by atoms with Crippen LogP contribution in [0.1, 0.15) is 37.3 Å². The summed E-state index contributed by atoms with van der Waals surface area (Å²) in [5.74, 6) is 0.310. The van der Waals surface area contributed by atoms with Crippen molar-refractivity contribution in [3.63, 3.8) is 0 Å². The standard InChI is InChI=1S/C24H27N3O2S/c1-2-18-10-12-19(13-11-18)27-22(28)16-30-24(27)20-8-4-5-9-21(20)26(23(24)29)17-25-14-6-3-7-15-25/h4-5,8-13H,2-3,6-7,14-17H2,1H3. The largest absolute Gasteiger partial charge is 0.295 e. The molecule has 5 nitrogen and oxygen atoms in total. The molecule has 156 valence electrons. The fraction of sp³-hybridized carbons (Fsp3) is 0.417. The SMILES string of the molecule is CCc1ccc(N2C(=O)CSC23C(=O)N(CN2CCCCC2)c2ccccc23)cc1. The Morgan fingerprint density at radius 1 is 0.967 bits per heavy atom. The van der Waals surface area contributed by atoms with Gasteiger partial charge in [-0.15, -0.1) is 11.8 Å². The number of para-hydroxylation sites is 1. The Hall–Kier alpha value is -2.31. The van der Waals surface area contributed by atoms with Crippen LogP contribution in [-0.2, 0) is 20.9 Å². The first-order chi connectivity index (χ1) is 14.6. The molecule has 0 saturated carbocycles. The summed E-state index contributed by atoms with van der Waals surface area (Å²) in [5.41, 5.74) is 3.88. The third kappa shape index (κ3) is 2.96. The number of nitrogens with zero attached hydrogens (tertiary/aromatic N) is 3. The Kier molecular flexibility index (Phi) is 5.07. The molecule has 1 unspecified atom stereocenters. The van der Waals surface area contributed by atoms with Gasteiger partial charge in [0.2, 0.25) is 10.8 Å². The van der Waals surface area contributed by atoms with Crippen LogP contribution < -0.4 is 9.80 Å². The smallest absolute Gasteiger partial charge is 0.269 e. The van der Waals surface area contributed by atoms with Crippen LogP contribution in [0, 0.1) is 0 Å². The number of likely N-dealkylation sites (tertiary alicyclic amines) is 1. The zero-order chi connectivity index (χ0) is 20.7. The average molecular weight is 422 g/mol. The van der Waals surface area contributed by atoms with Gasteiger partial charge in [0.15, 0.2) is 0 Å². The lowest BCUT2D eigenvalue weighted by molar-refractivity contribution is -0.124. The molecule has 3 aliphatic rings. The molecule has 2 saturated heterocycles. The number of benzene rings is 2. The van der Waals surface area contributed by atoms with E-state index in [0.717, 1.165) is 36.4 Å². The Balaban J connectivity index is 1.57. The summed E-state index contributed by atoms with van der Waals surface area (Å²) < 4.78 is 0. The van der Waals surface area contributed by atoms with E-state index in [1.54, 1.807) is 4.90 Å². The number of hydrogen-bond acceptors (Lipinski definition) is 4. The number of aryl methyl sites for hydroxylation is 1. The van der Waals surface area contributed by atoms with Gasteiger partial charge in [0.1, 0.15) is 0 Å². The Labute approximate surface area is 182 Å². The number of thioether (sulfide) groups is 1. The van der Waals surface area contributed by atoms with Crippen molar-refractivity contribution in [1.82, 2.24) is 4.90 Å². The lowest BCUT2D eigenvalue weighted by Gasteiger charge is -2.35. The number of carbonyl (C=O) groups is 2. The highest BCUT2D eigenvalue weighted by Gasteiger charge is 2.61. The molecule has 3 heterocycles. The molecular formula is C24H27N3O2S. The van der Waals surface area contributed by atoms with Crippen LogP contribution in [0.3, 0.4) is 0 Å². The van der Waals surface area contributed by atoms with Crippen molar-refractivity contribution < 1.29 is 9.59 Å². The number of hydrogen-bond donors (Lipinski definition) is 0. The van der Waals surface area contributed by atoms with E-state index < -0.39 is 4.87 Å². The van der Waals surface area contributed by atoms with Crippen LogP contribution in [0.2, 0.25) is 0 Å². The molecule has 2 aromatic carbocycles. The summed E-state index contributed by atoms with van der Waals surface area (Å²) in [5, 5.41) is 0. The fourth-order valence-electron chi connectivity index (χ4n) is 4.88. The quantitative estimate of drug-likeness (QED) is 0.749. The van der Waals surface area contributed by atoms with Gasteiger partial charge in [-0.25, -0.2) is 0 Å². The van der Waals surface area contributed by atoms with E-state index in [2.05, 4.69) is 24.0 Å². The van der Waals surface area contributed by atoms with Gasteiger partial charge < -0.3 is 0 Å². The summed E-state index contributed by atoms with van der Waals surface area (Å²) in [6, 6.07) is 16.1. The maximum absolute atomic E-state index is 14.0. The van der Waals surface area contributed by atoms with Crippen molar-refractivity contribution >= 4 is 35.0 Å². The molecule has 1 spiro atoms. The van der Waals surface area contributed by atoms with E-state index in [1.165, 1.54) is 36.6 Å². The minimum absolute atomic E-state index is 0.00434. The Morgan fingerprint density at radius 2 is 1.70 bits per heavy atom. The molecule has 1 atom stereocenters. The minimum atomic E-state index is -1.00. The summed E-state index contributed by atoms with van der Waals surface area (Å²) in [6.07, 6.45) is 4.56. The average Bonchev–Trinajstić information content (AvgIpc) is 3.26. The zero-order valence-electron chi connectivity index (χ0n) is 17.3. The van der Waals surface area contributed by atoms with E-state index in [0.29, 0.717) is 12.4 Å². The van der Waals surface area contributed by atoms with Gasteiger partial charge in [-0.1, -0.05) is 43.7 Å². The van der Waals surface area contributed by atoms with Crippen molar-refractivity contribution in [2.45, 2.75) is 37.5 Å². The maximum atomic E-state index is 14.0. The van der Waals surface area contributed by atoms with Gasteiger partial charge in [0, 0.05) is 11.3 Å². The minimum Gasteiger partial charge on any atom is -0.295 e. The van der Waals surface area contributed by atoms with Crippen LogP contribution >= 0.6 is 11.8 Å². The lowest BCUT2D eigenvalue weighted by Crippen LogP contribution is -2.52. The first-order valence-electron chi connectivity index (χ1n) is 10.8. The number of anilines is 2. The summed E-state index contributed by atoms with van der Waals surface area (Å²) in [6.45, 7) is 4.75. The molecule has 2 aromatic rings. The van der Waals surface area contributed by atoms with E-state index in [1.807, 2.05) is 41.3 Å². The monoisotopic (exact) mass is 421 g/mol. The van der Waals surface area contributed by atoms with Crippen molar-refractivity contribution in [2.24, 2.45) is 0 Å². The van der Waals surface area contributed by atoms with Gasteiger partial charge in [0.25, 0.3) is 5.91 Å². The Morgan fingerprint density at radius 3 is 2.43 bits per heavy atom. The topological polar surface area (TPSA) is 43.9 Å². The molecule has 2 amide bonds. The predicted octanol–water partition coefficient (Wildman–Crippen LogP) is 3.97. The van der Waals surface area contributed by atoms with Crippen LogP contribution in [0.25, 0.3) is 0 Å². The van der Waals surface area contributed by atoms with Gasteiger partial charge >= 0.3 is 0 Å². The van der Waals surface area contributed by atoms with Crippen molar-refractivity contribution in [3.8, 4) is 0 Å². The van der Waals surface area contributed by atoms with Gasteiger partial charge in [-0.05, 0) is 56.1 Å². The highest BCUT2D eigenvalue weighted by molar-refractivity contribution is 8.02. The second-order valence-electron chi connectivity index (χ2n) is 8.25. The molecule has 6 heteroatoms. The third-order valence-corrected chi connectivity index (χ3v) is 7.84. The molecule has 0 radical (unpaired) electrons. The van der Waals surface area contributed by atoms with Crippen LogP contribution in [0.15, 0.2) is 48.5 Å². The third-order valence-electron chi connectivity index (χ3n) is 6.46. The Bertz CT molecular complexity index is 971.